The lowest BCUT2D eigenvalue weighted by atomic mass is 9.89. The van der Waals surface area contributed by atoms with Gasteiger partial charge in [-0.1, -0.05) is 18.6 Å². The molecule has 3 heterocycles. The van der Waals surface area contributed by atoms with Crippen molar-refractivity contribution in [2.45, 2.75) is 44.4 Å². The van der Waals surface area contributed by atoms with Crippen LogP contribution in [0.15, 0.2) is 48.8 Å². The van der Waals surface area contributed by atoms with Crippen LogP contribution in [0.25, 0.3) is 0 Å². The monoisotopic (exact) mass is 407 g/mol. The Morgan fingerprint density at radius 1 is 1.00 bits per heavy atom. The Hall–Kier alpha value is -2.40. The van der Waals surface area contributed by atoms with Gasteiger partial charge in [-0.15, -0.1) is 0 Å². The normalized spacial score (nSPS) is 18.3. The molecule has 30 heavy (non-hydrogen) atoms. The summed E-state index contributed by atoms with van der Waals surface area (Å²) in [5.41, 5.74) is 2.03. The molecule has 2 fully saturated rings. The first-order valence-corrected chi connectivity index (χ1v) is 11.4. The van der Waals surface area contributed by atoms with Crippen LogP contribution < -0.4 is 4.74 Å². The van der Waals surface area contributed by atoms with E-state index in [-0.39, 0.29) is 5.91 Å². The van der Waals surface area contributed by atoms with Crippen molar-refractivity contribution < 1.29 is 9.53 Å². The van der Waals surface area contributed by atoms with E-state index in [1.165, 1.54) is 37.9 Å². The number of benzene rings is 1. The van der Waals surface area contributed by atoms with E-state index in [2.05, 4.69) is 34.1 Å². The molecule has 1 amide bonds. The summed E-state index contributed by atoms with van der Waals surface area (Å²) in [5, 5.41) is 0. The molecule has 160 valence electrons. The second-order valence-electron chi connectivity index (χ2n) is 8.48. The zero-order chi connectivity index (χ0) is 20.6. The number of carbonyl (C=O) groups excluding carboxylic acids is 1. The molecule has 0 spiro atoms. The molecule has 2 aliphatic heterocycles. The van der Waals surface area contributed by atoms with Gasteiger partial charge in [0.2, 0.25) is 0 Å². The van der Waals surface area contributed by atoms with Crippen LogP contribution in [-0.2, 0) is 0 Å². The van der Waals surface area contributed by atoms with Crippen molar-refractivity contribution in [2.75, 3.05) is 39.3 Å². The minimum atomic E-state index is 0.0925. The minimum absolute atomic E-state index is 0.0925. The molecule has 0 aliphatic carbocycles. The van der Waals surface area contributed by atoms with Crippen molar-refractivity contribution in [3.8, 4) is 5.75 Å². The maximum atomic E-state index is 12.6. The Morgan fingerprint density at radius 2 is 1.77 bits per heavy atom. The van der Waals surface area contributed by atoms with Gasteiger partial charge in [-0.2, -0.15) is 0 Å². The van der Waals surface area contributed by atoms with Gasteiger partial charge in [0.15, 0.2) is 0 Å². The van der Waals surface area contributed by atoms with Gasteiger partial charge in [0.25, 0.3) is 5.91 Å². The van der Waals surface area contributed by atoms with Gasteiger partial charge in [0.1, 0.15) is 5.75 Å². The maximum Gasteiger partial charge on any atom is 0.255 e. The van der Waals surface area contributed by atoms with Crippen LogP contribution in [0.2, 0.25) is 0 Å². The van der Waals surface area contributed by atoms with E-state index in [0.717, 1.165) is 51.3 Å². The molecule has 4 rings (SSSR count). The van der Waals surface area contributed by atoms with Gasteiger partial charge in [-0.25, -0.2) is 0 Å². The van der Waals surface area contributed by atoms with Crippen molar-refractivity contribution in [2.24, 2.45) is 0 Å². The minimum Gasteiger partial charge on any atom is -0.494 e. The fourth-order valence-electron chi connectivity index (χ4n) is 4.59. The summed E-state index contributed by atoms with van der Waals surface area (Å²) < 4.78 is 5.95. The standard InChI is InChI=1S/C25H33N3O2/c29-25(23-6-4-13-26-20-23)28-17-11-22(12-18-28)21-7-9-24(10-8-21)30-19-5-16-27-14-2-1-3-15-27/h4,6-10,13,20,22H,1-3,5,11-12,14-19H2. The molecule has 0 radical (unpaired) electrons. The Morgan fingerprint density at radius 3 is 2.47 bits per heavy atom. The van der Waals surface area contributed by atoms with Crippen LogP contribution in [0.5, 0.6) is 5.75 Å². The average Bonchev–Trinajstić information content (AvgIpc) is 2.83. The Bertz CT molecular complexity index is 780. The number of aromatic nitrogens is 1. The van der Waals surface area contributed by atoms with Crippen LogP contribution in [-0.4, -0.2) is 60.0 Å². The number of nitrogens with zero attached hydrogens (tertiary/aromatic N) is 3. The van der Waals surface area contributed by atoms with Crippen LogP contribution in [0.3, 0.4) is 0 Å². The maximum absolute atomic E-state index is 12.6. The summed E-state index contributed by atoms with van der Waals surface area (Å²) >= 11 is 0. The Balaban J connectivity index is 1.19. The number of pyridine rings is 1. The first-order chi connectivity index (χ1) is 14.8. The smallest absolute Gasteiger partial charge is 0.255 e. The Kier molecular flexibility index (Phi) is 7.35. The lowest BCUT2D eigenvalue weighted by Gasteiger charge is -2.32. The van der Waals surface area contributed by atoms with E-state index < -0.39 is 0 Å². The number of ether oxygens (including phenoxy) is 1. The topological polar surface area (TPSA) is 45.7 Å². The molecule has 0 saturated carbocycles. The number of likely N-dealkylation sites (tertiary alicyclic amines) is 2. The molecule has 5 heteroatoms. The third kappa shape index (κ3) is 5.60. The molecule has 2 aromatic rings. The first kappa shape index (κ1) is 20.9. The molecule has 2 saturated heterocycles. The highest BCUT2D eigenvalue weighted by atomic mass is 16.5. The van der Waals surface area contributed by atoms with Gasteiger partial charge in [-0.05, 0) is 80.9 Å². The molecular formula is C25H33N3O2. The zero-order valence-corrected chi connectivity index (χ0v) is 17.8. The number of amides is 1. The second-order valence-corrected chi connectivity index (χ2v) is 8.48. The predicted molar refractivity (Wildman–Crippen MR) is 119 cm³/mol. The van der Waals surface area contributed by atoms with Gasteiger partial charge >= 0.3 is 0 Å². The molecule has 2 aliphatic rings. The van der Waals surface area contributed by atoms with Crippen LogP contribution >= 0.6 is 0 Å². The third-order valence-corrected chi connectivity index (χ3v) is 6.38. The third-order valence-electron chi connectivity index (χ3n) is 6.38. The number of carbonyl (C=O) groups is 1. The fraction of sp³-hybridized carbons (Fsp3) is 0.520. The number of piperidine rings is 2. The van der Waals surface area contributed by atoms with Gasteiger partial charge in [-0.3, -0.25) is 9.78 Å². The van der Waals surface area contributed by atoms with Crippen molar-refractivity contribution in [3.63, 3.8) is 0 Å². The van der Waals surface area contributed by atoms with Crippen LogP contribution in [0.4, 0.5) is 0 Å². The van der Waals surface area contributed by atoms with E-state index >= 15 is 0 Å². The highest BCUT2D eigenvalue weighted by Gasteiger charge is 2.24. The molecule has 1 aromatic carbocycles. The van der Waals surface area contributed by atoms with Crippen molar-refractivity contribution >= 4 is 5.91 Å². The van der Waals surface area contributed by atoms with E-state index in [4.69, 9.17) is 4.74 Å². The number of hydrogen-bond acceptors (Lipinski definition) is 4. The summed E-state index contributed by atoms with van der Waals surface area (Å²) in [6.45, 7) is 6.03. The van der Waals surface area contributed by atoms with Crippen molar-refractivity contribution in [1.29, 1.82) is 0 Å². The molecule has 1 aromatic heterocycles. The van der Waals surface area contributed by atoms with Gasteiger partial charge < -0.3 is 14.5 Å². The summed E-state index contributed by atoms with van der Waals surface area (Å²) in [4.78, 5) is 21.1. The van der Waals surface area contributed by atoms with Gasteiger partial charge in [0, 0.05) is 32.0 Å². The average molecular weight is 408 g/mol. The quantitative estimate of drug-likeness (QED) is 0.640. The summed E-state index contributed by atoms with van der Waals surface area (Å²) in [7, 11) is 0. The molecule has 0 bridgehead atoms. The zero-order valence-electron chi connectivity index (χ0n) is 17.8. The number of hydrogen-bond donors (Lipinski definition) is 0. The van der Waals surface area contributed by atoms with Crippen molar-refractivity contribution in [1.82, 2.24) is 14.8 Å². The highest BCUT2D eigenvalue weighted by Crippen LogP contribution is 2.29. The largest absolute Gasteiger partial charge is 0.494 e. The summed E-state index contributed by atoms with van der Waals surface area (Å²) in [6.07, 6.45) is 10.5. The molecular weight excluding hydrogens is 374 g/mol. The van der Waals surface area contributed by atoms with Crippen LogP contribution in [0.1, 0.15) is 60.4 Å². The van der Waals surface area contributed by atoms with Gasteiger partial charge in [0.05, 0.1) is 12.2 Å². The SMILES string of the molecule is O=C(c1cccnc1)N1CCC(c2ccc(OCCCN3CCCCC3)cc2)CC1. The van der Waals surface area contributed by atoms with E-state index in [9.17, 15) is 4.79 Å². The fourth-order valence-corrected chi connectivity index (χ4v) is 4.59. The Labute approximate surface area is 180 Å². The van der Waals surface area contributed by atoms with Crippen LogP contribution in [0, 0.1) is 0 Å². The summed E-state index contributed by atoms with van der Waals surface area (Å²) in [5.74, 6) is 1.56. The highest BCUT2D eigenvalue weighted by molar-refractivity contribution is 5.93. The van der Waals surface area contributed by atoms with E-state index in [1.807, 2.05) is 17.0 Å². The van der Waals surface area contributed by atoms with E-state index in [0.29, 0.717) is 11.5 Å². The molecule has 0 unspecified atom stereocenters. The van der Waals surface area contributed by atoms with E-state index in [1.54, 1.807) is 12.4 Å². The molecule has 5 nitrogen and oxygen atoms in total. The molecule has 0 N–H and O–H groups in total. The first-order valence-electron chi connectivity index (χ1n) is 11.4. The summed E-state index contributed by atoms with van der Waals surface area (Å²) in [6, 6.07) is 12.3. The lowest BCUT2D eigenvalue weighted by molar-refractivity contribution is 0.0712. The van der Waals surface area contributed by atoms with Crippen molar-refractivity contribution in [3.05, 3.63) is 59.9 Å². The predicted octanol–water partition coefficient (Wildman–Crippen LogP) is 4.36. The number of rotatable bonds is 7. The lowest BCUT2D eigenvalue weighted by Crippen LogP contribution is -2.37. The second kappa shape index (κ2) is 10.6. The molecule has 0 atom stereocenters.